The lowest BCUT2D eigenvalue weighted by Crippen LogP contribution is -2.28. The maximum Gasteiger partial charge on any atom is 0.184 e. The average Bonchev–Trinajstić information content (AvgIpc) is 2.78. The molecule has 0 bridgehead atoms. The number of Topliss-reactive ketones (excluding diaryl/α,β-unsaturated/α-hetero) is 2. The highest BCUT2D eigenvalue weighted by molar-refractivity contribution is 6.06. The third kappa shape index (κ3) is 8.22. The molecule has 6 nitrogen and oxygen atoms in total. The molecule has 0 heterocycles. The molecule has 0 fully saturated rings. The van der Waals surface area contributed by atoms with Crippen LogP contribution >= 0.6 is 0 Å². The molecule has 0 aliphatic carbocycles. The van der Waals surface area contributed by atoms with E-state index in [0.29, 0.717) is 22.6 Å². The second kappa shape index (κ2) is 10.9. The summed E-state index contributed by atoms with van der Waals surface area (Å²) in [5, 5.41) is 0. The van der Waals surface area contributed by atoms with Crippen LogP contribution in [0.3, 0.4) is 0 Å². The van der Waals surface area contributed by atoms with Crippen LogP contribution in [0.2, 0.25) is 0 Å². The predicted octanol–water partition coefficient (Wildman–Crippen LogP) is 7.03. The molecule has 0 saturated carbocycles. The van der Waals surface area contributed by atoms with E-state index >= 15 is 0 Å². The number of carbonyl (C=O) groups excluding carboxylic acids is 2. The number of para-hydroxylation sites is 2. The Kier molecular flexibility index (Phi) is 8.78. The highest BCUT2D eigenvalue weighted by Crippen LogP contribution is 2.31. The maximum absolute atomic E-state index is 13.4. The first-order valence-electron chi connectivity index (χ1n) is 12.0. The smallest absolute Gasteiger partial charge is 0.184 e. The number of benzene rings is 2. The van der Waals surface area contributed by atoms with Crippen LogP contribution in [0.15, 0.2) is 48.5 Å². The van der Waals surface area contributed by atoms with E-state index in [2.05, 4.69) is 11.8 Å². The lowest BCUT2D eigenvalue weighted by Gasteiger charge is -2.23. The van der Waals surface area contributed by atoms with E-state index in [1.165, 1.54) is 0 Å². The van der Waals surface area contributed by atoms with Gasteiger partial charge in [-0.05, 0) is 93.5 Å². The van der Waals surface area contributed by atoms with Gasteiger partial charge in [-0.25, -0.2) is 0 Å². The van der Waals surface area contributed by atoms with Crippen molar-refractivity contribution in [2.75, 3.05) is 0 Å². The molecule has 0 amide bonds. The van der Waals surface area contributed by atoms with Gasteiger partial charge < -0.3 is 9.78 Å². The Balaban J connectivity index is 2.31. The van der Waals surface area contributed by atoms with Crippen molar-refractivity contribution < 1.29 is 29.1 Å². The summed E-state index contributed by atoms with van der Waals surface area (Å²) in [5.74, 6) is 6.21. The summed E-state index contributed by atoms with van der Waals surface area (Å²) in [6.45, 7) is 18.0. The molecule has 2 aromatic carbocycles. The Bertz CT molecular complexity index is 1060. The zero-order valence-corrected chi connectivity index (χ0v) is 23.1. The molecule has 6 heteroatoms. The van der Waals surface area contributed by atoms with Gasteiger partial charge in [0.2, 0.25) is 0 Å². The molecule has 2 aromatic rings. The van der Waals surface area contributed by atoms with Crippen LogP contribution in [0.5, 0.6) is 11.5 Å². The summed E-state index contributed by atoms with van der Waals surface area (Å²) in [7, 11) is 0. The summed E-state index contributed by atoms with van der Waals surface area (Å²) in [6, 6.07) is 13.7. The number of rotatable bonds is 8. The first-order chi connectivity index (χ1) is 16.4. The first-order valence-corrected chi connectivity index (χ1v) is 12.0. The monoisotopic (exact) mass is 494 g/mol. The summed E-state index contributed by atoms with van der Waals surface area (Å²) in [6.07, 6.45) is 0. The van der Waals surface area contributed by atoms with Gasteiger partial charge in [-0.2, -0.15) is 9.78 Å². The number of carbonyl (C=O) groups is 2. The molecule has 0 aliphatic rings. The Morgan fingerprint density at radius 3 is 1.17 bits per heavy atom. The van der Waals surface area contributed by atoms with Crippen LogP contribution in [-0.2, 0) is 9.78 Å². The van der Waals surface area contributed by atoms with Gasteiger partial charge in [0.05, 0.1) is 22.0 Å². The maximum atomic E-state index is 13.4. The zero-order chi connectivity index (χ0) is 27.4. The van der Waals surface area contributed by atoms with E-state index in [0.717, 1.165) is 0 Å². The molecule has 2 rings (SSSR count). The van der Waals surface area contributed by atoms with Crippen molar-refractivity contribution in [3.05, 3.63) is 59.7 Å². The van der Waals surface area contributed by atoms with Gasteiger partial charge in [-0.3, -0.25) is 9.59 Å². The van der Waals surface area contributed by atoms with E-state index in [4.69, 9.17) is 19.6 Å². The Labute approximate surface area is 215 Å². The number of hydrogen-bond acceptors (Lipinski definition) is 6. The van der Waals surface area contributed by atoms with Crippen LogP contribution in [-0.4, -0.2) is 22.8 Å². The van der Waals surface area contributed by atoms with Crippen molar-refractivity contribution in [3.8, 4) is 23.3 Å². The third-order valence-corrected chi connectivity index (χ3v) is 4.85. The fraction of sp³-hybridized carbons (Fsp3) is 0.467. The molecule has 0 spiro atoms. The molecule has 0 aromatic heterocycles. The lowest BCUT2D eigenvalue weighted by atomic mass is 9.80. The van der Waals surface area contributed by atoms with Crippen molar-refractivity contribution in [2.45, 2.75) is 80.4 Å². The van der Waals surface area contributed by atoms with Crippen molar-refractivity contribution >= 4 is 11.6 Å². The van der Waals surface area contributed by atoms with Gasteiger partial charge in [0.15, 0.2) is 23.1 Å². The Hall–Kier alpha value is -3.14. The fourth-order valence-electron chi connectivity index (χ4n) is 2.89. The van der Waals surface area contributed by atoms with Gasteiger partial charge in [-0.15, -0.1) is 0 Å². The van der Waals surface area contributed by atoms with Gasteiger partial charge in [0.1, 0.15) is 11.2 Å². The SMILES string of the molecule is CC(C)(C)OOc1ccccc1C(=O)C(C)(C)C#CC(C)(C)C(=O)c1ccccc1OOC(C)(C)C. The molecular formula is C30H38O6. The minimum Gasteiger partial charge on any atom is -0.336 e. The van der Waals surface area contributed by atoms with E-state index < -0.39 is 22.0 Å². The lowest BCUT2D eigenvalue weighted by molar-refractivity contribution is -0.274. The van der Waals surface area contributed by atoms with Crippen LogP contribution in [0.1, 0.15) is 90.0 Å². The standard InChI is InChI=1S/C30H38O6/c1-27(2,3)35-33-23-17-13-11-15-21(23)25(31)29(7,8)19-20-30(9,10)26(32)22-16-12-14-18-24(22)34-36-28(4,5)6/h11-18H,1-10H3. The van der Waals surface area contributed by atoms with Crippen LogP contribution in [0.25, 0.3) is 0 Å². The first kappa shape index (κ1) is 29.1. The number of hydrogen-bond donors (Lipinski definition) is 0. The fourth-order valence-corrected chi connectivity index (χ4v) is 2.89. The molecule has 0 radical (unpaired) electrons. The van der Waals surface area contributed by atoms with Crippen molar-refractivity contribution in [2.24, 2.45) is 10.8 Å². The van der Waals surface area contributed by atoms with Crippen LogP contribution in [0.4, 0.5) is 0 Å². The molecule has 0 saturated heterocycles. The summed E-state index contributed by atoms with van der Waals surface area (Å²) < 4.78 is 0. The number of ketones is 2. The van der Waals surface area contributed by atoms with E-state index in [1.54, 1.807) is 76.2 Å². The summed E-state index contributed by atoms with van der Waals surface area (Å²) in [4.78, 5) is 48.6. The highest BCUT2D eigenvalue weighted by Gasteiger charge is 2.33. The second-order valence-electron chi connectivity index (χ2n) is 11.7. The molecule has 0 aliphatic heterocycles. The molecule has 194 valence electrons. The van der Waals surface area contributed by atoms with Crippen LogP contribution in [0, 0.1) is 22.7 Å². The topological polar surface area (TPSA) is 71.1 Å². The van der Waals surface area contributed by atoms with Gasteiger partial charge in [0, 0.05) is 0 Å². The second-order valence-corrected chi connectivity index (χ2v) is 11.7. The van der Waals surface area contributed by atoms with Gasteiger partial charge >= 0.3 is 0 Å². The van der Waals surface area contributed by atoms with Crippen molar-refractivity contribution in [1.82, 2.24) is 0 Å². The summed E-state index contributed by atoms with van der Waals surface area (Å²) in [5.41, 5.74) is -2.58. The van der Waals surface area contributed by atoms with Crippen molar-refractivity contribution in [3.63, 3.8) is 0 Å². The molecule has 0 atom stereocenters. The average molecular weight is 495 g/mol. The molecule has 0 N–H and O–H groups in total. The normalized spacial score (nSPS) is 12.4. The van der Waals surface area contributed by atoms with E-state index in [-0.39, 0.29) is 11.6 Å². The van der Waals surface area contributed by atoms with Gasteiger partial charge in [0.25, 0.3) is 0 Å². The van der Waals surface area contributed by atoms with E-state index in [1.807, 2.05) is 41.5 Å². The zero-order valence-electron chi connectivity index (χ0n) is 23.1. The molecular weight excluding hydrogens is 456 g/mol. The summed E-state index contributed by atoms with van der Waals surface area (Å²) >= 11 is 0. The highest BCUT2D eigenvalue weighted by atomic mass is 17.2. The minimum absolute atomic E-state index is 0.242. The molecule has 36 heavy (non-hydrogen) atoms. The quantitative estimate of drug-likeness (QED) is 0.170. The predicted molar refractivity (Wildman–Crippen MR) is 140 cm³/mol. The van der Waals surface area contributed by atoms with Gasteiger partial charge in [-0.1, -0.05) is 36.1 Å². The molecule has 0 unspecified atom stereocenters. The Morgan fingerprint density at radius 2 is 0.861 bits per heavy atom. The van der Waals surface area contributed by atoms with Crippen LogP contribution < -0.4 is 9.78 Å². The minimum atomic E-state index is -1.09. The Morgan fingerprint density at radius 1 is 0.556 bits per heavy atom. The van der Waals surface area contributed by atoms with E-state index in [9.17, 15) is 9.59 Å². The third-order valence-electron chi connectivity index (χ3n) is 4.85. The van der Waals surface area contributed by atoms with Crippen molar-refractivity contribution in [1.29, 1.82) is 0 Å². The largest absolute Gasteiger partial charge is 0.336 e.